The molecule has 0 heteroatoms. The molecule has 0 aromatic rings. The maximum Gasteiger partial charge on any atom is -0.0386 e. The van der Waals surface area contributed by atoms with Crippen molar-refractivity contribution in [3.05, 3.63) is 0 Å². The van der Waals surface area contributed by atoms with Crippen LogP contribution >= 0.6 is 0 Å². The van der Waals surface area contributed by atoms with E-state index in [1.807, 2.05) is 0 Å². The molecule has 0 nitrogen and oxygen atoms in total. The molecule has 0 atom stereocenters. The molecule has 17 fully saturated rings. The SMILES string of the molecule is C.C.C.C.C.C.C.C.C.C.C.C.C.C.C.C.C.CC1CCC(C2CCC(C3CCC(C)CC3)CC2)CC1.CC1CCC(CC2CCC(CC3CCC(C)CC3)CC2)CC1.CC1CCC(CC2CCC(CC3CCC(C)CC3)CC2)CC1.CC1CCC(CC2CCC(CC3CCC(CC4CCC(C)CC4)CC3)CC2)CC1.CC1CCC(CC2CCC(CC3CCC(CC4CCC(C)CC4)CC3)CC2)CC1. The van der Waals surface area contributed by atoms with Crippen molar-refractivity contribution in [1.82, 2.24) is 0 Å². The van der Waals surface area contributed by atoms with E-state index in [9.17, 15) is 0 Å². The van der Waals surface area contributed by atoms with Crippen molar-refractivity contribution in [3.63, 3.8) is 0 Å². The molecule has 0 amide bonds. The van der Waals surface area contributed by atoms with E-state index in [4.69, 9.17) is 0 Å². The van der Waals surface area contributed by atoms with Crippen molar-refractivity contribution in [2.75, 3.05) is 0 Å². The molecular formula is C139H288. The van der Waals surface area contributed by atoms with Gasteiger partial charge in [-0.2, -0.15) is 0 Å². The smallest absolute Gasteiger partial charge is 0.0386 e. The van der Waals surface area contributed by atoms with Gasteiger partial charge in [-0.1, -0.05) is 581 Å². The molecule has 844 valence electrons. The van der Waals surface area contributed by atoms with Crippen LogP contribution in [0.3, 0.4) is 0 Å². The van der Waals surface area contributed by atoms with Crippen molar-refractivity contribution >= 4 is 0 Å². The molecule has 139 heavy (non-hydrogen) atoms. The minimum Gasteiger partial charge on any atom is -0.0776 e. The van der Waals surface area contributed by atoms with Gasteiger partial charge >= 0.3 is 0 Å². The summed E-state index contributed by atoms with van der Waals surface area (Å²) in [5.74, 6) is 36.5. The lowest BCUT2D eigenvalue weighted by atomic mass is 9.65. The maximum absolute atomic E-state index is 2.46. The Kier molecular flexibility index (Phi) is 84.8. The van der Waals surface area contributed by atoms with Gasteiger partial charge in [0.2, 0.25) is 0 Å². The Morgan fingerprint density at radius 2 is 0.129 bits per heavy atom. The molecule has 0 spiro atoms. The molecule has 0 aromatic heterocycles. The van der Waals surface area contributed by atoms with E-state index in [1.165, 1.54) is 128 Å². The summed E-state index contributed by atoms with van der Waals surface area (Å²) >= 11 is 0. The van der Waals surface area contributed by atoms with Gasteiger partial charge in [-0.3, -0.25) is 0 Å². The van der Waals surface area contributed by atoms with Crippen LogP contribution in [0.2, 0.25) is 0 Å². The van der Waals surface area contributed by atoms with Gasteiger partial charge in [0.15, 0.2) is 0 Å². The molecule has 0 radical (unpaired) electrons. The van der Waals surface area contributed by atoms with Gasteiger partial charge in [-0.25, -0.2) is 0 Å². The lowest BCUT2D eigenvalue weighted by Crippen LogP contribution is -2.29. The topological polar surface area (TPSA) is 0 Å². The Labute approximate surface area is 891 Å². The van der Waals surface area contributed by atoms with Crippen molar-refractivity contribution < 1.29 is 0 Å². The predicted octanol–water partition coefficient (Wildman–Crippen LogP) is 50.6. The average Bonchev–Trinajstić information content (AvgIpc) is 0.824. The maximum atomic E-state index is 2.46. The van der Waals surface area contributed by atoms with Crippen LogP contribution in [0.5, 0.6) is 0 Å². The third-order valence-electron chi connectivity index (χ3n) is 42.8. The summed E-state index contributed by atoms with van der Waals surface area (Å²) in [6.45, 7) is 24.6. The normalized spacial score (nSPS) is 39.2. The van der Waals surface area contributed by atoms with E-state index in [1.54, 1.807) is 372 Å². The van der Waals surface area contributed by atoms with E-state index in [0.717, 1.165) is 201 Å². The highest BCUT2D eigenvalue weighted by atomic mass is 14.4. The van der Waals surface area contributed by atoms with E-state index in [-0.39, 0.29) is 126 Å². The van der Waals surface area contributed by atoms with Gasteiger partial charge in [-0.05, 0) is 317 Å². The quantitative estimate of drug-likeness (QED) is 0.101. The number of hydrogen-bond acceptors (Lipinski definition) is 0. The minimum absolute atomic E-state index is 0. The molecule has 0 bridgehead atoms. The summed E-state index contributed by atoms with van der Waals surface area (Å²) in [4.78, 5) is 0. The monoisotopic (exact) mass is 1960 g/mol. The third kappa shape index (κ3) is 53.7. The van der Waals surface area contributed by atoms with E-state index < -0.39 is 0 Å². The van der Waals surface area contributed by atoms with E-state index >= 15 is 0 Å². The van der Waals surface area contributed by atoms with Crippen LogP contribution in [0.25, 0.3) is 0 Å². The molecule has 0 aliphatic heterocycles. The molecule has 0 N–H and O–H groups in total. The highest BCUT2D eigenvalue weighted by molar-refractivity contribution is 4.91. The molecule has 17 aliphatic carbocycles. The van der Waals surface area contributed by atoms with Gasteiger partial charge in [0, 0.05) is 0 Å². The van der Waals surface area contributed by atoms with Gasteiger partial charge in [-0.15, -0.1) is 0 Å². The van der Waals surface area contributed by atoms with Crippen molar-refractivity contribution in [2.45, 2.75) is 696 Å². The first-order valence-corrected chi connectivity index (χ1v) is 59.4. The van der Waals surface area contributed by atoms with Crippen molar-refractivity contribution in [1.29, 1.82) is 0 Å². The highest BCUT2D eigenvalue weighted by Gasteiger charge is 2.39. The second-order valence-electron chi connectivity index (χ2n) is 53.4. The Morgan fingerprint density at radius 1 is 0.0791 bits per heavy atom. The van der Waals surface area contributed by atoms with Gasteiger partial charge in [0.25, 0.3) is 0 Å². The summed E-state index contributed by atoms with van der Waals surface area (Å²) in [7, 11) is 0. The number of hydrogen-bond donors (Lipinski definition) is 0. The summed E-state index contributed by atoms with van der Waals surface area (Å²) in [5.41, 5.74) is 0. The standard InChI is InChI=1S/2C29H52.2C22H40.C20H36.17CH4/c2*1-22-3-7-24(8-4-22)19-26-11-15-28(16-12-26)21-29-17-13-27(14-18-29)20-25-9-5-23(2)6-10-25;2*1-17-3-7-19(8-4-17)15-21-11-13-22(14-12-21)16-20-9-5-18(2)6-10-20;1-15-3-7-17(8-4-15)19-11-13-20(14-12-19)18-9-5-16(2)6-10-18;;;;;;;;;;;;;;;;;/h2*22-29H,3-21H2,1-2H3;2*17-22H,3-16H2,1-2H3;15-20H,3-14H2,1-2H3;17*1H4. The second kappa shape index (κ2) is 79.9. The fourth-order valence-electron chi connectivity index (χ4n) is 33.1. The largest absolute Gasteiger partial charge is 0.0776 e. The molecule has 0 unspecified atom stereocenters. The fraction of sp³-hybridized carbons (Fsp3) is 1.00. The molecular weight excluding hydrogens is 1670 g/mol. The molecule has 17 rings (SSSR count). The van der Waals surface area contributed by atoms with Gasteiger partial charge in [0.1, 0.15) is 0 Å². The van der Waals surface area contributed by atoms with Crippen LogP contribution < -0.4 is 0 Å². The van der Waals surface area contributed by atoms with Gasteiger partial charge < -0.3 is 0 Å². The number of rotatable bonds is 22. The first-order chi connectivity index (χ1) is 59.4. The lowest BCUT2D eigenvalue weighted by molar-refractivity contribution is 0.108. The Morgan fingerprint density at radius 3 is 0.201 bits per heavy atom. The summed E-state index contributed by atoms with van der Waals surface area (Å²) < 4.78 is 0. The van der Waals surface area contributed by atoms with E-state index in [0.29, 0.717) is 0 Å². The first kappa shape index (κ1) is 147. The van der Waals surface area contributed by atoms with Crippen molar-refractivity contribution in [3.8, 4) is 0 Å². The third-order valence-corrected chi connectivity index (χ3v) is 42.8. The molecule has 17 aliphatic rings. The Balaban J connectivity index is -0.000000526. The van der Waals surface area contributed by atoms with Crippen LogP contribution in [0, 0.1) is 201 Å². The highest BCUT2D eigenvalue weighted by Crippen LogP contribution is 2.52. The predicted molar refractivity (Wildman–Crippen MR) is 650 cm³/mol. The van der Waals surface area contributed by atoms with Crippen LogP contribution in [-0.4, -0.2) is 0 Å². The zero-order valence-electron chi connectivity index (χ0n) is 84.8. The summed E-state index contributed by atoms with van der Waals surface area (Å²) in [5, 5.41) is 0. The molecule has 0 heterocycles. The summed E-state index contributed by atoms with van der Waals surface area (Å²) in [6, 6.07) is 0. The fourth-order valence-corrected chi connectivity index (χ4v) is 33.1. The summed E-state index contributed by atoms with van der Waals surface area (Å²) in [6.07, 6.45) is 121. The molecule has 0 aromatic carbocycles. The van der Waals surface area contributed by atoms with Crippen LogP contribution in [0.4, 0.5) is 0 Å². The average molecular weight is 1960 g/mol. The Hall–Kier alpha value is 0. The van der Waals surface area contributed by atoms with Crippen LogP contribution in [0.15, 0.2) is 0 Å². The van der Waals surface area contributed by atoms with Crippen LogP contribution in [0.1, 0.15) is 696 Å². The Bertz CT molecular complexity index is 2230. The zero-order chi connectivity index (χ0) is 84.8. The lowest BCUT2D eigenvalue weighted by Gasteiger charge is -2.41. The minimum atomic E-state index is 0. The zero-order valence-corrected chi connectivity index (χ0v) is 84.8. The molecule has 17 saturated carbocycles. The van der Waals surface area contributed by atoms with Gasteiger partial charge in [0.05, 0.1) is 0 Å². The molecule has 0 saturated heterocycles. The van der Waals surface area contributed by atoms with Crippen molar-refractivity contribution in [2.24, 2.45) is 201 Å². The van der Waals surface area contributed by atoms with E-state index in [2.05, 4.69) is 69.2 Å². The second-order valence-corrected chi connectivity index (χ2v) is 53.4. The van der Waals surface area contributed by atoms with Crippen LogP contribution in [-0.2, 0) is 0 Å². The first-order valence-electron chi connectivity index (χ1n) is 59.4.